The maximum Gasteiger partial charge on any atom is 0.331 e. The minimum atomic E-state index is -1.86. The predicted molar refractivity (Wildman–Crippen MR) is 190 cm³/mol. The number of aliphatic hydroxyl groups excluding tert-OH is 8. The fraction of sp³-hybridized carbons (Fsp3) is 0.595. The number of methoxy groups -OCH3 is 2. The Hall–Kier alpha value is -3.71. The molecule has 3 heterocycles. The molecule has 3 aliphatic rings. The van der Waals surface area contributed by atoms with Crippen molar-refractivity contribution < 1.29 is 98.5 Å². The molecule has 20 heteroatoms. The van der Waals surface area contributed by atoms with Crippen LogP contribution in [0.4, 0.5) is 0 Å². The van der Waals surface area contributed by atoms with Crippen molar-refractivity contribution >= 4 is 12.0 Å². The van der Waals surface area contributed by atoms with Crippen molar-refractivity contribution in [3.05, 3.63) is 53.6 Å². The van der Waals surface area contributed by atoms with Gasteiger partial charge in [0.05, 0.1) is 40.1 Å². The Kier molecular flexibility index (Phi) is 15.4. The quantitative estimate of drug-likeness (QED) is 0.0652. The monoisotopic (exact) mass is 814 g/mol. The van der Waals surface area contributed by atoms with E-state index in [1.807, 2.05) is 0 Å². The summed E-state index contributed by atoms with van der Waals surface area (Å²) in [6.45, 7) is -0.111. The number of aromatic hydroxyl groups is 2. The molecule has 3 aliphatic heterocycles. The van der Waals surface area contributed by atoms with E-state index >= 15 is 0 Å². The van der Waals surface area contributed by atoms with Crippen molar-refractivity contribution in [2.24, 2.45) is 0 Å². The van der Waals surface area contributed by atoms with Crippen molar-refractivity contribution in [1.82, 2.24) is 0 Å². The lowest BCUT2D eigenvalue weighted by Crippen LogP contribution is -2.65. The van der Waals surface area contributed by atoms with Gasteiger partial charge in [-0.3, -0.25) is 0 Å². The molecule has 0 aliphatic carbocycles. The van der Waals surface area contributed by atoms with Crippen LogP contribution in [0.3, 0.4) is 0 Å². The summed E-state index contributed by atoms with van der Waals surface area (Å²) >= 11 is 0. The van der Waals surface area contributed by atoms with Gasteiger partial charge in [0.1, 0.15) is 61.0 Å². The zero-order valence-corrected chi connectivity index (χ0v) is 31.2. The highest BCUT2D eigenvalue weighted by Crippen LogP contribution is 2.33. The second-order valence-electron chi connectivity index (χ2n) is 13.6. The summed E-state index contributed by atoms with van der Waals surface area (Å²) < 4.78 is 50.9. The highest BCUT2D eigenvalue weighted by Gasteiger charge is 2.53. The van der Waals surface area contributed by atoms with E-state index in [0.717, 1.165) is 6.08 Å². The highest BCUT2D eigenvalue weighted by molar-refractivity contribution is 5.87. The van der Waals surface area contributed by atoms with Crippen LogP contribution >= 0.6 is 0 Å². The number of ether oxygens (including phenoxy) is 9. The second kappa shape index (κ2) is 19.8. The fourth-order valence-electron chi connectivity index (χ4n) is 6.45. The van der Waals surface area contributed by atoms with E-state index in [1.54, 1.807) is 12.1 Å². The summed E-state index contributed by atoms with van der Waals surface area (Å²) in [6.07, 6.45) is -21.9. The lowest BCUT2D eigenvalue weighted by molar-refractivity contribution is -0.364. The molecular formula is C37H50O20. The normalized spacial score (nSPS) is 35.9. The van der Waals surface area contributed by atoms with Gasteiger partial charge in [0.2, 0.25) is 0 Å². The van der Waals surface area contributed by atoms with Gasteiger partial charge in [-0.25, -0.2) is 4.79 Å². The van der Waals surface area contributed by atoms with Gasteiger partial charge >= 0.3 is 5.97 Å². The summed E-state index contributed by atoms with van der Waals surface area (Å²) in [7, 11) is 2.72. The summed E-state index contributed by atoms with van der Waals surface area (Å²) in [6, 6.07) is 8.86. The van der Waals surface area contributed by atoms with Crippen molar-refractivity contribution in [2.75, 3.05) is 34.0 Å². The Labute approximate surface area is 326 Å². The molecule has 318 valence electrons. The minimum Gasteiger partial charge on any atom is -0.504 e. The number of benzene rings is 2. The number of rotatable bonds is 15. The molecule has 0 amide bonds. The van der Waals surface area contributed by atoms with Gasteiger partial charge < -0.3 is 93.7 Å². The average Bonchev–Trinajstić information content (AvgIpc) is 3.20. The van der Waals surface area contributed by atoms with E-state index in [0.29, 0.717) is 11.1 Å². The average molecular weight is 815 g/mol. The van der Waals surface area contributed by atoms with Crippen LogP contribution in [-0.2, 0) is 44.4 Å². The van der Waals surface area contributed by atoms with Gasteiger partial charge in [-0.1, -0.05) is 12.1 Å². The second-order valence-corrected chi connectivity index (χ2v) is 13.6. The number of hydrogen-bond acceptors (Lipinski definition) is 20. The van der Waals surface area contributed by atoms with E-state index in [4.69, 9.17) is 42.6 Å². The SMILES string of the molecule is COc1cc(/C=C/C(=O)O[C@H]2[C@H](O[C@@H]3O[C@H](C)[C@H](O)[C@@H](O)[C@H]3O)[C@@H](O)[C@H](OCCc3ccc(O)c(OC)c3)O[C@@H]2CO[C@@H]2O[C@H](CO)[C@@H](O)[C@@H](O)[C@H]2O)ccc1O. The Morgan fingerprint density at radius 1 is 0.702 bits per heavy atom. The van der Waals surface area contributed by atoms with Crippen LogP contribution in [-0.4, -0.2) is 183 Å². The molecule has 5 rings (SSSR count). The maximum absolute atomic E-state index is 13.4. The van der Waals surface area contributed by atoms with Crippen molar-refractivity contribution in [3.63, 3.8) is 0 Å². The number of esters is 1. The third kappa shape index (κ3) is 10.5. The molecule has 0 aromatic heterocycles. The Balaban J connectivity index is 1.44. The Morgan fingerprint density at radius 3 is 2.00 bits per heavy atom. The smallest absolute Gasteiger partial charge is 0.331 e. The number of hydrogen-bond donors (Lipinski definition) is 10. The number of carbonyl (C=O) groups is 1. The third-order valence-corrected chi connectivity index (χ3v) is 9.77. The van der Waals surface area contributed by atoms with Crippen LogP contribution in [0.15, 0.2) is 42.5 Å². The number of phenols is 2. The fourth-order valence-corrected chi connectivity index (χ4v) is 6.45. The van der Waals surface area contributed by atoms with Crippen LogP contribution in [0.2, 0.25) is 0 Å². The van der Waals surface area contributed by atoms with Crippen molar-refractivity contribution in [3.8, 4) is 23.0 Å². The van der Waals surface area contributed by atoms with Crippen molar-refractivity contribution in [1.29, 1.82) is 0 Å². The number of aliphatic hydroxyl groups is 8. The molecule has 20 nitrogen and oxygen atoms in total. The molecule has 15 atom stereocenters. The first-order chi connectivity index (χ1) is 27.2. The van der Waals surface area contributed by atoms with E-state index in [1.165, 1.54) is 51.5 Å². The first-order valence-electron chi connectivity index (χ1n) is 18.0. The summed E-state index contributed by atoms with van der Waals surface area (Å²) in [5.74, 6) is -0.935. The number of carbonyl (C=O) groups excluding carboxylic acids is 1. The van der Waals surface area contributed by atoms with E-state index < -0.39 is 111 Å². The van der Waals surface area contributed by atoms with Gasteiger partial charge in [0, 0.05) is 6.08 Å². The van der Waals surface area contributed by atoms with Gasteiger partial charge in [-0.2, -0.15) is 0 Å². The maximum atomic E-state index is 13.4. The molecule has 0 spiro atoms. The molecule has 0 bridgehead atoms. The molecule has 0 saturated carbocycles. The summed E-state index contributed by atoms with van der Waals surface area (Å²) in [5, 5.41) is 104. The molecule has 3 saturated heterocycles. The van der Waals surface area contributed by atoms with Crippen molar-refractivity contribution in [2.45, 2.75) is 105 Å². The van der Waals surface area contributed by atoms with Gasteiger partial charge in [-0.05, 0) is 54.8 Å². The van der Waals surface area contributed by atoms with E-state index in [-0.39, 0.29) is 36.0 Å². The zero-order valence-electron chi connectivity index (χ0n) is 31.2. The van der Waals surface area contributed by atoms with Crippen LogP contribution in [0.25, 0.3) is 6.08 Å². The Morgan fingerprint density at radius 2 is 1.32 bits per heavy atom. The van der Waals surface area contributed by atoms with Crippen LogP contribution in [0.5, 0.6) is 23.0 Å². The largest absolute Gasteiger partial charge is 0.504 e. The van der Waals surface area contributed by atoms with E-state index in [9.17, 15) is 55.9 Å². The highest BCUT2D eigenvalue weighted by atomic mass is 16.8. The molecule has 2 aromatic rings. The molecule has 3 fully saturated rings. The third-order valence-electron chi connectivity index (χ3n) is 9.77. The lowest BCUT2D eigenvalue weighted by Gasteiger charge is -2.47. The molecular weight excluding hydrogens is 764 g/mol. The molecule has 10 N–H and O–H groups in total. The zero-order chi connectivity index (χ0) is 41.6. The van der Waals surface area contributed by atoms with Crippen LogP contribution in [0.1, 0.15) is 18.1 Å². The van der Waals surface area contributed by atoms with Gasteiger partial charge in [0.25, 0.3) is 0 Å². The van der Waals surface area contributed by atoms with Gasteiger partial charge in [-0.15, -0.1) is 0 Å². The minimum absolute atomic E-state index is 0.0901. The summed E-state index contributed by atoms with van der Waals surface area (Å²) in [5.41, 5.74) is 1.08. The first kappa shape index (κ1) is 44.4. The molecule has 57 heavy (non-hydrogen) atoms. The predicted octanol–water partition coefficient (Wildman–Crippen LogP) is -2.59. The van der Waals surface area contributed by atoms with Crippen LogP contribution in [0, 0.1) is 0 Å². The van der Waals surface area contributed by atoms with Crippen LogP contribution < -0.4 is 9.47 Å². The summed E-state index contributed by atoms with van der Waals surface area (Å²) in [4.78, 5) is 13.4. The Bertz CT molecular complexity index is 1640. The molecule has 0 unspecified atom stereocenters. The standard InChI is InChI=1S/C37H50O20/c1-16-26(42)28(44)31(47)37(53-16)57-34-32(48)36(51-11-10-18-5-8-20(40)22(13-18)50-3)55-24(15-52-35-30(46)29(45)27(43)23(14-38)54-35)33(34)56-25(41)9-6-17-4-7-19(39)21(12-17)49-2/h4-9,12-13,16,23-24,26-40,42-48H,10-11,14-15H2,1-3H3/b9-6+/t16-,23-,24-,26+,27-,28-,29-,30-,31-,32-,33-,34-,35-,36-,37+/m1/s1. The number of phenolic OH excluding ortho intramolecular Hbond substituents is 2. The van der Waals surface area contributed by atoms with E-state index in [2.05, 4.69) is 0 Å². The van der Waals surface area contributed by atoms with Gasteiger partial charge in [0.15, 0.2) is 48.0 Å². The first-order valence-corrected chi connectivity index (χ1v) is 18.0. The lowest BCUT2D eigenvalue weighted by atomic mass is 9.96. The topological polar surface area (TPSA) is 302 Å². The molecule has 2 aromatic carbocycles. The molecule has 0 radical (unpaired) electrons.